The Bertz CT molecular complexity index is 587. The minimum atomic E-state index is -0.104. The number of aromatic hydroxyl groups is 1. The fraction of sp³-hybridized carbons (Fsp3) is 0.250. The summed E-state index contributed by atoms with van der Waals surface area (Å²) in [6, 6.07) is 4.86. The van der Waals surface area contributed by atoms with Gasteiger partial charge >= 0.3 is 0 Å². The number of phenols is 1. The van der Waals surface area contributed by atoms with Gasteiger partial charge in [-0.25, -0.2) is 0 Å². The molecule has 6 heteroatoms. The monoisotopic (exact) mass is 242 g/mol. The van der Waals surface area contributed by atoms with Gasteiger partial charge in [0.25, 0.3) is 0 Å². The van der Waals surface area contributed by atoms with Gasteiger partial charge in [0.1, 0.15) is 0 Å². The number of ether oxygens (including phenoxy) is 1. The lowest BCUT2D eigenvalue weighted by Gasteiger charge is -2.05. The lowest BCUT2D eigenvalue weighted by Crippen LogP contribution is -1.89. The molecule has 6 nitrogen and oxygen atoms in total. The minimum absolute atomic E-state index is 0.104. The van der Waals surface area contributed by atoms with Crippen molar-refractivity contribution in [3.8, 4) is 29.4 Å². The van der Waals surface area contributed by atoms with Crippen LogP contribution in [0.25, 0.3) is 10.4 Å². The first-order chi connectivity index (χ1) is 8.72. The molecular weight excluding hydrogens is 232 g/mol. The number of phenolic OH excluding ortho intramolecular Hbond substituents is 1. The second-order valence-electron chi connectivity index (χ2n) is 3.19. The van der Waals surface area contributed by atoms with Crippen molar-refractivity contribution in [2.75, 3.05) is 13.7 Å². The van der Waals surface area contributed by atoms with Gasteiger partial charge in [-0.05, 0) is 11.6 Å². The SMILES string of the molecule is COc1cc(C#N)cc(C#CCCN=[N+]=[N-])c1O. The van der Waals surface area contributed by atoms with Gasteiger partial charge in [0.2, 0.25) is 0 Å². The van der Waals surface area contributed by atoms with Crippen molar-refractivity contribution < 1.29 is 9.84 Å². The topological polar surface area (TPSA) is 102 Å². The lowest BCUT2D eigenvalue weighted by molar-refractivity contribution is 0.372. The van der Waals surface area contributed by atoms with Crippen LogP contribution in [-0.2, 0) is 0 Å². The molecule has 0 saturated heterocycles. The molecule has 0 bridgehead atoms. The van der Waals surface area contributed by atoms with E-state index in [1.54, 1.807) is 0 Å². The smallest absolute Gasteiger partial charge is 0.173 e. The van der Waals surface area contributed by atoms with Gasteiger partial charge in [0, 0.05) is 23.9 Å². The highest BCUT2D eigenvalue weighted by Crippen LogP contribution is 2.30. The number of hydrogen-bond donors (Lipinski definition) is 1. The van der Waals surface area contributed by atoms with Crippen LogP contribution in [0.5, 0.6) is 11.5 Å². The molecule has 1 N–H and O–H groups in total. The molecule has 1 aromatic carbocycles. The van der Waals surface area contributed by atoms with Crippen molar-refractivity contribution in [3.05, 3.63) is 33.7 Å². The quantitative estimate of drug-likeness (QED) is 0.289. The summed E-state index contributed by atoms with van der Waals surface area (Å²) in [6.07, 6.45) is 0.378. The minimum Gasteiger partial charge on any atom is -0.503 e. The van der Waals surface area contributed by atoms with Crippen LogP contribution in [0.3, 0.4) is 0 Å². The van der Waals surface area contributed by atoms with Gasteiger partial charge in [-0.2, -0.15) is 5.26 Å². The Morgan fingerprint density at radius 3 is 2.94 bits per heavy atom. The molecule has 1 rings (SSSR count). The predicted octanol–water partition coefficient (Wildman–Crippen LogP) is 2.32. The number of hydrogen-bond acceptors (Lipinski definition) is 4. The second kappa shape index (κ2) is 6.70. The number of methoxy groups -OCH3 is 1. The maximum absolute atomic E-state index is 9.79. The fourth-order valence-corrected chi connectivity index (χ4v) is 1.23. The standard InChI is InChI=1S/C12H10N4O2/c1-18-11-7-9(8-13)6-10(12(11)17)4-2-3-5-15-16-14/h6-7,17H,3,5H2,1H3. The van der Waals surface area contributed by atoms with E-state index in [1.165, 1.54) is 19.2 Å². The number of nitrogens with zero attached hydrogens (tertiary/aromatic N) is 4. The van der Waals surface area contributed by atoms with Gasteiger partial charge in [-0.15, -0.1) is 0 Å². The third-order valence-electron chi connectivity index (χ3n) is 2.05. The van der Waals surface area contributed by atoms with E-state index in [0.717, 1.165) is 0 Å². The number of nitriles is 1. The van der Waals surface area contributed by atoms with Crippen molar-refractivity contribution in [3.63, 3.8) is 0 Å². The Balaban J connectivity index is 3.01. The van der Waals surface area contributed by atoms with Crippen molar-refractivity contribution in [1.82, 2.24) is 0 Å². The fourth-order valence-electron chi connectivity index (χ4n) is 1.23. The molecule has 1 aromatic rings. The van der Waals surface area contributed by atoms with Crippen LogP contribution in [0, 0.1) is 23.2 Å². The maximum Gasteiger partial charge on any atom is 0.173 e. The largest absolute Gasteiger partial charge is 0.503 e. The van der Waals surface area contributed by atoms with Crippen LogP contribution in [0.4, 0.5) is 0 Å². The zero-order valence-corrected chi connectivity index (χ0v) is 9.71. The highest BCUT2D eigenvalue weighted by molar-refractivity contribution is 5.57. The second-order valence-corrected chi connectivity index (χ2v) is 3.19. The van der Waals surface area contributed by atoms with E-state index in [4.69, 9.17) is 15.5 Å². The molecule has 90 valence electrons. The number of rotatable bonds is 3. The van der Waals surface area contributed by atoms with Crippen LogP contribution in [0.2, 0.25) is 0 Å². The Labute approximate surface area is 104 Å². The van der Waals surface area contributed by atoms with Gasteiger partial charge in [0.15, 0.2) is 11.5 Å². The summed E-state index contributed by atoms with van der Waals surface area (Å²) in [5, 5.41) is 21.9. The van der Waals surface area contributed by atoms with Gasteiger partial charge in [-0.1, -0.05) is 17.0 Å². The number of azide groups is 1. The van der Waals surface area contributed by atoms with E-state index >= 15 is 0 Å². The predicted molar refractivity (Wildman–Crippen MR) is 64.9 cm³/mol. The van der Waals surface area contributed by atoms with Crippen molar-refractivity contribution in [2.24, 2.45) is 5.11 Å². The van der Waals surface area contributed by atoms with E-state index in [-0.39, 0.29) is 18.0 Å². The summed E-state index contributed by atoms with van der Waals surface area (Å²) >= 11 is 0. The molecule has 0 amide bonds. The number of benzene rings is 1. The molecular formula is C12H10N4O2. The van der Waals surface area contributed by atoms with E-state index in [9.17, 15) is 5.11 Å². The van der Waals surface area contributed by atoms with Gasteiger partial charge < -0.3 is 9.84 Å². The zero-order chi connectivity index (χ0) is 13.4. The third-order valence-corrected chi connectivity index (χ3v) is 2.05. The zero-order valence-electron chi connectivity index (χ0n) is 9.71. The molecule has 0 atom stereocenters. The van der Waals surface area contributed by atoms with Crippen LogP contribution in [-0.4, -0.2) is 18.8 Å². The molecule has 0 fully saturated rings. The Morgan fingerprint density at radius 1 is 1.56 bits per heavy atom. The summed E-state index contributed by atoms with van der Waals surface area (Å²) in [6.45, 7) is 0.263. The van der Waals surface area contributed by atoms with E-state index in [1.807, 2.05) is 6.07 Å². The Hall–Kier alpha value is -2.82. The summed E-state index contributed by atoms with van der Waals surface area (Å²) in [5.41, 5.74) is 8.74. The van der Waals surface area contributed by atoms with E-state index in [2.05, 4.69) is 21.9 Å². The highest BCUT2D eigenvalue weighted by Gasteiger charge is 2.08. The molecule has 0 radical (unpaired) electrons. The van der Waals surface area contributed by atoms with Crippen LogP contribution < -0.4 is 4.74 Å². The first kappa shape index (κ1) is 13.2. The first-order valence-corrected chi connectivity index (χ1v) is 5.03. The molecule has 0 spiro atoms. The van der Waals surface area contributed by atoms with E-state index in [0.29, 0.717) is 17.5 Å². The van der Waals surface area contributed by atoms with Crippen molar-refractivity contribution >= 4 is 0 Å². The average Bonchev–Trinajstić information content (AvgIpc) is 2.40. The highest BCUT2D eigenvalue weighted by atomic mass is 16.5. The molecule has 0 aromatic heterocycles. The van der Waals surface area contributed by atoms with Gasteiger partial charge in [0.05, 0.1) is 24.3 Å². The molecule has 0 unspecified atom stereocenters. The Kier molecular flexibility index (Phi) is 4.93. The molecule has 18 heavy (non-hydrogen) atoms. The lowest BCUT2D eigenvalue weighted by atomic mass is 10.1. The molecule has 0 aliphatic rings. The Morgan fingerprint density at radius 2 is 2.33 bits per heavy atom. The summed E-state index contributed by atoms with van der Waals surface area (Å²) in [5.74, 6) is 5.55. The summed E-state index contributed by atoms with van der Waals surface area (Å²) in [7, 11) is 1.40. The average molecular weight is 242 g/mol. The molecule has 0 heterocycles. The van der Waals surface area contributed by atoms with Crippen LogP contribution >= 0.6 is 0 Å². The van der Waals surface area contributed by atoms with Crippen molar-refractivity contribution in [1.29, 1.82) is 5.26 Å². The van der Waals surface area contributed by atoms with Crippen molar-refractivity contribution in [2.45, 2.75) is 6.42 Å². The third kappa shape index (κ3) is 3.34. The molecule has 0 saturated carbocycles. The normalized spacial score (nSPS) is 8.44. The summed E-state index contributed by atoms with van der Waals surface area (Å²) < 4.78 is 4.94. The first-order valence-electron chi connectivity index (χ1n) is 5.03. The summed E-state index contributed by atoms with van der Waals surface area (Å²) in [4.78, 5) is 2.60. The van der Waals surface area contributed by atoms with Crippen LogP contribution in [0.1, 0.15) is 17.5 Å². The van der Waals surface area contributed by atoms with Crippen LogP contribution in [0.15, 0.2) is 17.2 Å². The molecule has 0 aliphatic heterocycles. The maximum atomic E-state index is 9.79. The van der Waals surface area contributed by atoms with E-state index < -0.39 is 0 Å². The van der Waals surface area contributed by atoms with Gasteiger partial charge in [-0.3, -0.25) is 0 Å². The molecule has 0 aliphatic carbocycles.